The molecule has 0 saturated heterocycles. The van der Waals surface area contributed by atoms with Gasteiger partial charge in [-0.1, -0.05) is 24.3 Å². The molecule has 1 aromatic heterocycles. The highest BCUT2D eigenvalue weighted by atomic mass is 19.1. The number of aromatic nitrogens is 2. The molecule has 0 spiro atoms. The summed E-state index contributed by atoms with van der Waals surface area (Å²) in [5.41, 5.74) is 2.01. The van der Waals surface area contributed by atoms with Crippen LogP contribution in [0.4, 0.5) is 21.8 Å². The number of anilines is 3. The van der Waals surface area contributed by atoms with Crippen LogP contribution in [-0.2, 0) is 6.54 Å². The molecule has 2 aromatic carbocycles. The van der Waals surface area contributed by atoms with Crippen LogP contribution in [0.5, 0.6) is 0 Å². The Hall–Kier alpha value is -3.48. The largest absolute Gasteiger partial charge is 0.478 e. The van der Waals surface area contributed by atoms with Crippen molar-refractivity contribution in [3.8, 4) is 0 Å². The van der Waals surface area contributed by atoms with Gasteiger partial charge in [-0.25, -0.2) is 14.2 Å². The van der Waals surface area contributed by atoms with Crippen LogP contribution in [0.3, 0.4) is 0 Å². The molecule has 3 rings (SSSR count). The summed E-state index contributed by atoms with van der Waals surface area (Å²) in [6.45, 7) is 2.07. The maximum Gasteiger partial charge on any atom is 0.335 e. The van der Waals surface area contributed by atoms with Gasteiger partial charge in [0.25, 0.3) is 0 Å². The lowest BCUT2D eigenvalue weighted by molar-refractivity contribution is 0.0697. The standard InChI is InChI=1S/C19H17FN4O2/c1-12-9-17(23-15-7-4-6-13(10-15)18(25)26)24-19(22-12)21-11-14-5-2-3-8-16(14)20/h2-10H,11H2,1H3,(H,25,26)(H2,21,22,23,24). The number of carbonyl (C=O) groups is 1. The Morgan fingerprint density at radius 2 is 1.92 bits per heavy atom. The summed E-state index contributed by atoms with van der Waals surface area (Å²) in [7, 11) is 0. The first-order chi connectivity index (χ1) is 12.5. The van der Waals surface area contributed by atoms with Crippen molar-refractivity contribution in [3.63, 3.8) is 0 Å². The topological polar surface area (TPSA) is 87.1 Å². The molecular formula is C19H17FN4O2. The molecule has 1 heterocycles. The summed E-state index contributed by atoms with van der Waals surface area (Å²) in [5, 5.41) is 15.1. The maximum absolute atomic E-state index is 13.7. The van der Waals surface area contributed by atoms with E-state index in [2.05, 4.69) is 20.6 Å². The molecule has 3 N–H and O–H groups in total. The minimum atomic E-state index is -1.00. The fourth-order valence-corrected chi connectivity index (χ4v) is 2.41. The van der Waals surface area contributed by atoms with Gasteiger partial charge in [0.1, 0.15) is 11.6 Å². The molecule has 0 bridgehead atoms. The van der Waals surface area contributed by atoms with Crippen LogP contribution < -0.4 is 10.6 Å². The number of carboxylic acids is 1. The van der Waals surface area contributed by atoms with Crippen molar-refractivity contribution in [1.82, 2.24) is 9.97 Å². The predicted molar refractivity (Wildman–Crippen MR) is 97.2 cm³/mol. The molecule has 0 fully saturated rings. The second-order valence-corrected chi connectivity index (χ2v) is 5.67. The zero-order valence-corrected chi connectivity index (χ0v) is 14.0. The third kappa shape index (κ3) is 4.32. The molecule has 0 aliphatic carbocycles. The van der Waals surface area contributed by atoms with Crippen molar-refractivity contribution < 1.29 is 14.3 Å². The Balaban J connectivity index is 1.76. The third-order valence-electron chi connectivity index (χ3n) is 3.63. The van der Waals surface area contributed by atoms with Crippen molar-refractivity contribution in [2.24, 2.45) is 0 Å². The zero-order chi connectivity index (χ0) is 18.5. The fourth-order valence-electron chi connectivity index (χ4n) is 2.41. The number of nitrogens with zero attached hydrogens (tertiary/aromatic N) is 2. The Morgan fingerprint density at radius 3 is 2.69 bits per heavy atom. The monoisotopic (exact) mass is 352 g/mol. The van der Waals surface area contributed by atoms with Gasteiger partial charge in [0.05, 0.1) is 5.56 Å². The van der Waals surface area contributed by atoms with Crippen LogP contribution in [0.25, 0.3) is 0 Å². The average Bonchev–Trinajstić information content (AvgIpc) is 2.61. The quantitative estimate of drug-likeness (QED) is 0.622. The lowest BCUT2D eigenvalue weighted by atomic mass is 10.2. The van der Waals surface area contributed by atoms with Crippen LogP contribution in [-0.4, -0.2) is 21.0 Å². The van der Waals surface area contributed by atoms with Crippen LogP contribution in [0.15, 0.2) is 54.6 Å². The molecule has 26 heavy (non-hydrogen) atoms. The Morgan fingerprint density at radius 1 is 1.12 bits per heavy atom. The summed E-state index contributed by atoms with van der Waals surface area (Å²) < 4.78 is 13.7. The van der Waals surface area contributed by atoms with Crippen molar-refractivity contribution in [3.05, 3.63) is 77.2 Å². The predicted octanol–water partition coefficient (Wildman–Crippen LogP) is 3.98. The number of aryl methyl sites for hydroxylation is 1. The van der Waals surface area contributed by atoms with Crippen molar-refractivity contribution >= 4 is 23.4 Å². The molecule has 0 aliphatic rings. The SMILES string of the molecule is Cc1cc(Nc2cccc(C(=O)O)c2)nc(NCc2ccccc2F)n1. The van der Waals surface area contributed by atoms with Gasteiger partial charge in [-0.3, -0.25) is 0 Å². The fraction of sp³-hybridized carbons (Fsp3) is 0.105. The van der Waals surface area contributed by atoms with Crippen molar-refractivity contribution in [2.75, 3.05) is 10.6 Å². The Bertz CT molecular complexity index is 946. The molecule has 0 atom stereocenters. The van der Waals surface area contributed by atoms with E-state index in [-0.39, 0.29) is 17.9 Å². The highest BCUT2D eigenvalue weighted by Crippen LogP contribution is 2.18. The molecule has 0 unspecified atom stereocenters. The summed E-state index contributed by atoms with van der Waals surface area (Å²) in [4.78, 5) is 19.7. The first-order valence-electron chi connectivity index (χ1n) is 7.94. The molecule has 0 saturated carbocycles. The van der Waals surface area contributed by atoms with Crippen LogP contribution >= 0.6 is 0 Å². The highest BCUT2D eigenvalue weighted by Gasteiger charge is 2.07. The number of hydrogen-bond donors (Lipinski definition) is 3. The van der Waals surface area contributed by atoms with Gasteiger partial charge in [-0.05, 0) is 31.2 Å². The van der Waals surface area contributed by atoms with Gasteiger partial charge >= 0.3 is 5.97 Å². The van der Waals surface area contributed by atoms with E-state index >= 15 is 0 Å². The van der Waals surface area contributed by atoms with Gasteiger partial charge in [0.2, 0.25) is 5.95 Å². The molecule has 7 heteroatoms. The van der Waals surface area contributed by atoms with Gasteiger partial charge in [-0.15, -0.1) is 0 Å². The minimum absolute atomic E-state index is 0.179. The van der Waals surface area contributed by atoms with Gasteiger partial charge in [0, 0.05) is 29.6 Å². The molecule has 0 amide bonds. The number of aromatic carboxylic acids is 1. The second kappa shape index (κ2) is 7.60. The van der Waals surface area contributed by atoms with Crippen LogP contribution in [0, 0.1) is 12.7 Å². The number of carboxylic acid groups (broad SMARTS) is 1. The van der Waals surface area contributed by atoms with Crippen LogP contribution in [0.1, 0.15) is 21.6 Å². The van der Waals surface area contributed by atoms with Crippen molar-refractivity contribution in [2.45, 2.75) is 13.5 Å². The maximum atomic E-state index is 13.7. The van der Waals surface area contributed by atoms with E-state index in [4.69, 9.17) is 5.11 Å². The molecule has 0 aliphatic heterocycles. The third-order valence-corrected chi connectivity index (χ3v) is 3.63. The Kier molecular flexibility index (Phi) is 5.07. The van der Waals surface area contributed by atoms with Crippen LogP contribution in [0.2, 0.25) is 0 Å². The normalized spacial score (nSPS) is 10.4. The molecule has 0 radical (unpaired) electrons. The van der Waals surface area contributed by atoms with Gasteiger partial charge in [0.15, 0.2) is 0 Å². The van der Waals surface area contributed by atoms with E-state index < -0.39 is 5.97 Å². The lowest BCUT2D eigenvalue weighted by Crippen LogP contribution is -2.07. The van der Waals surface area contributed by atoms with E-state index in [1.807, 2.05) is 6.92 Å². The molecule has 132 valence electrons. The number of halogens is 1. The summed E-state index contributed by atoms with van der Waals surface area (Å²) in [6.07, 6.45) is 0. The van der Waals surface area contributed by atoms with E-state index in [0.717, 1.165) is 0 Å². The van der Waals surface area contributed by atoms with Crippen molar-refractivity contribution in [1.29, 1.82) is 0 Å². The smallest absolute Gasteiger partial charge is 0.335 e. The second-order valence-electron chi connectivity index (χ2n) is 5.67. The number of rotatable bonds is 6. The molecular weight excluding hydrogens is 335 g/mol. The zero-order valence-electron chi connectivity index (χ0n) is 14.0. The summed E-state index contributed by atoms with van der Waals surface area (Å²) in [6, 6.07) is 14.7. The average molecular weight is 352 g/mol. The molecule has 6 nitrogen and oxygen atoms in total. The Labute approximate surface area is 149 Å². The van der Waals surface area contributed by atoms with E-state index in [9.17, 15) is 9.18 Å². The van der Waals surface area contributed by atoms with Gasteiger partial charge in [-0.2, -0.15) is 4.98 Å². The van der Waals surface area contributed by atoms with E-state index in [1.54, 1.807) is 36.4 Å². The lowest BCUT2D eigenvalue weighted by Gasteiger charge is -2.11. The number of benzene rings is 2. The first kappa shape index (κ1) is 17.3. The summed E-state index contributed by atoms with van der Waals surface area (Å²) >= 11 is 0. The number of hydrogen-bond acceptors (Lipinski definition) is 5. The number of nitrogens with one attached hydrogen (secondary N) is 2. The highest BCUT2D eigenvalue weighted by molar-refractivity contribution is 5.89. The first-order valence-corrected chi connectivity index (χ1v) is 7.94. The van der Waals surface area contributed by atoms with E-state index in [1.165, 1.54) is 18.2 Å². The van der Waals surface area contributed by atoms with Gasteiger partial charge < -0.3 is 15.7 Å². The summed E-state index contributed by atoms with van der Waals surface area (Å²) in [5.74, 6) is -0.433. The minimum Gasteiger partial charge on any atom is -0.478 e. The van der Waals surface area contributed by atoms with E-state index in [0.29, 0.717) is 28.7 Å². The molecule has 3 aromatic rings.